The van der Waals surface area contributed by atoms with E-state index in [1.165, 1.54) is 147 Å². The van der Waals surface area contributed by atoms with Crippen LogP contribution in [0.4, 0.5) is 0 Å². The number of hydrogen-bond acceptors (Lipinski definition) is 0. The summed E-state index contributed by atoms with van der Waals surface area (Å²) in [6.07, 6.45) is 8.85. The number of carboxylic acid groups (broad SMARTS) is 4. The van der Waals surface area contributed by atoms with E-state index in [1.54, 1.807) is 6.92 Å². The molecule has 0 saturated heterocycles. The zero-order valence-corrected chi connectivity index (χ0v) is 72.4. The van der Waals surface area contributed by atoms with Gasteiger partial charge in [0.1, 0.15) is 0 Å². The second-order valence-electron chi connectivity index (χ2n) is 26.0. The molecule has 0 spiro atoms. The van der Waals surface area contributed by atoms with Crippen molar-refractivity contribution in [1.29, 1.82) is 0 Å². The minimum absolute atomic E-state index is 0. The van der Waals surface area contributed by atoms with Crippen molar-refractivity contribution in [1.82, 2.24) is 36.5 Å². The molecule has 0 atom stereocenters. The number of aliphatic hydroxyl groups excluding tert-OH is 4. The van der Waals surface area contributed by atoms with E-state index in [-0.39, 0.29) is 80.4 Å². The molecule has 0 bridgehead atoms. The third-order valence-electron chi connectivity index (χ3n) is 18.4. The van der Waals surface area contributed by atoms with Gasteiger partial charge in [-0.15, -0.1) is 74.3 Å². The van der Waals surface area contributed by atoms with Gasteiger partial charge in [0.2, 0.25) is 0 Å². The fraction of sp³-hybridized carbons (Fsp3) is 0.109. The molecule has 1 aliphatic carbocycles. The zero-order valence-electron chi connectivity index (χ0n) is 62.8. The third-order valence-corrected chi connectivity index (χ3v) is 18.4. The smallest absolute Gasteiger partial charge is 0.339 e. The Morgan fingerprint density at radius 2 is 0.679 bits per heavy atom. The standard InChI is InChI=1S/C24H16N2.C22H16N2.C19H16N2.C18H14N2.C3H6O2.3C2H4O2.4Ir/c1-25-15-26(23-12-5-4-11-22(23)25)21-14-13-19-17-8-3-2-7-16(17)18-9-6-10-20(21)24(18)19;1-23-15-24(20-11-10-16-6-2-3-7-17(16)12-20)22-14-19-9-5-4-8-18(19)13-21(22)23;1-14-16-8-4-3-7-15(16)11-12-17(14)21-13-20(2)18-9-5-6-10-19(18)21;1-19-13-20(18-11-5-4-10-17(18)19)16-12-6-8-14-7-2-3-9-15(14)16;1-2-3(4)5;3*1-2(3)4;;;;/h2-13,15H,1H3;2-10,12-15H,1H3;3-11,13H,1-2H3;2-11,13H,1H3;2H2,1H3,(H,4,5);3*1H3,(H,3,4);;;;/p+4. The summed E-state index contributed by atoms with van der Waals surface area (Å²) in [4.78, 5) is 30.4. The molecule has 0 fully saturated rings. The van der Waals surface area contributed by atoms with Gasteiger partial charge in [0.05, 0.1) is 27.2 Å². The van der Waals surface area contributed by atoms with Crippen LogP contribution in [0.3, 0.4) is 0 Å². The Labute approximate surface area is 702 Å². The predicted octanol–water partition coefficient (Wildman–Crippen LogP) is 20.6. The van der Waals surface area contributed by atoms with Gasteiger partial charge in [0, 0.05) is 180 Å². The molecule has 4 radical (unpaired) electrons. The third kappa shape index (κ3) is 19.2. The maximum absolute atomic E-state index is 7.83. The summed E-state index contributed by atoms with van der Waals surface area (Å²) in [6, 6.07) is 105. The largest absolute Gasteiger partial charge is 0.480 e. The van der Waals surface area contributed by atoms with Crippen LogP contribution in [0.5, 0.6) is 0 Å². The van der Waals surface area contributed by atoms with Crippen LogP contribution in [0.1, 0.15) is 39.7 Å². The van der Waals surface area contributed by atoms with Crippen molar-refractivity contribution in [3.05, 3.63) is 316 Å². The fourth-order valence-electron chi connectivity index (χ4n) is 13.6. The molecular weight excluding hydrogens is 2110 g/mol. The number of fused-ring (bicyclic) bond motifs is 11. The molecule has 4 heterocycles. The van der Waals surface area contributed by atoms with Crippen molar-refractivity contribution in [2.24, 2.45) is 28.2 Å². The number of carboxylic acids is 4. The summed E-state index contributed by atoms with van der Waals surface area (Å²) in [5, 5.41) is 42.9. The van der Waals surface area contributed by atoms with Crippen molar-refractivity contribution in [3.63, 3.8) is 0 Å². The molecule has 0 unspecified atom stereocenters. The normalized spacial score (nSPS) is 10.4. The van der Waals surface area contributed by atoms with E-state index in [9.17, 15) is 0 Å². The van der Waals surface area contributed by atoms with Gasteiger partial charge in [-0.3, -0.25) is 0 Å². The Bertz CT molecular complexity index is 6350. The Hall–Kier alpha value is -11.3. The molecular formula is C92H84Ir4N8O8+4. The van der Waals surface area contributed by atoms with Gasteiger partial charge in [0.25, 0.3) is 0 Å². The predicted molar refractivity (Wildman–Crippen MR) is 444 cm³/mol. The monoisotopic (exact) mass is 2200 g/mol. The maximum atomic E-state index is 7.83. The van der Waals surface area contributed by atoms with Crippen LogP contribution in [0.2, 0.25) is 0 Å². The number of aryl methyl sites for hydroxylation is 5. The van der Waals surface area contributed by atoms with Crippen molar-refractivity contribution < 1.29 is 120 Å². The van der Waals surface area contributed by atoms with Crippen LogP contribution >= 0.6 is 0 Å². The van der Waals surface area contributed by atoms with Crippen LogP contribution < -0.4 is 0 Å². The van der Waals surface area contributed by atoms with E-state index in [2.05, 4.69) is 376 Å². The van der Waals surface area contributed by atoms with E-state index in [0.717, 1.165) is 22.7 Å². The molecule has 19 rings (SSSR count). The first-order chi connectivity index (χ1) is 52.2. The Balaban J connectivity index is 0.000000174. The number of benzene rings is 14. The first-order valence-corrected chi connectivity index (χ1v) is 35.1. The van der Waals surface area contributed by atoms with Gasteiger partial charge in [-0.25, -0.2) is 22.8 Å². The van der Waals surface area contributed by atoms with Crippen molar-refractivity contribution in [3.8, 4) is 45.0 Å². The summed E-state index contributed by atoms with van der Waals surface area (Å²) in [5.74, 6) is -2.25. The van der Waals surface area contributed by atoms with E-state index in [4.69, 9.17) is 39.6 Å². The molecule has 20 heteroatoms. The number of aromatic nitrogens is 8. The second kappa shape index (κ2) is 39.1. The molecule has 572 valence electrons. The number of para-hydroxylation sites is 6. The molecule has 16 nitrogen and oxygen atoms in total. The van der Waals surface area contributed by atoms with E-state index in [1.807, 2.05) is 6.07 Å². The Morgan fingerprint density at radius 3 is 1.19 bits per heavy atom. The average molecular weight is 2200 g/mol. The molecule has 8 N–H and O–H groups in total. The number of hydrogen-bond donors (Lipinski definition) is 4. The van der Waals surface area contributed by atoms with Gasteiger partial charge in [-0.1, -0.05) is 162 Å². The number of aliphatic carboxylic acids is 4. The summed E-state index contributed by atoms with van der Waals surface area (Å²) in [7, 11) is 8.34. The molecule has 112 heavy (non-hydrogen) atoms. The summed E-state index contributed by atoms with van der Waals surface area (Å²) in [6.45, 7) is 7.41. The molecule has 0 amide bonds. The van der Waals surface area contributed by atoms with Gasteiger partial charge in [-0.2, -0.15) is 44.0 Å². The molecule has 0 saturated carbocycles. The first kappa shape index (κ1) is 86.3. The second-order valence-corrected chi connectivity index (χ2v) is 26.0. The van der Waals surface area contributed by atoms with E-state index in [0.29, 0.717) is 6.42 Å². The molecule has 4 aromatic heterocycles. The van der Waals surface area contributed by atoms with Gasteiger partial charge in [0.15, 0.2) is 69.4 Å². The Morgan fingerprint density at radius 1 is 0.330 bits per heavy atom. The fourth-order valence-corrected chi connectivity index (χ4v) is 13.6. The molecule has 18 aromatic rings. The van der Waals surface area contributed by atoms with E-state index < -0.39 is 23.9 Å². The summed E-state index contributed by atoms with van der Waals surface area (Å²) < 4.78 is 17.5. The quantitative estimate of drug-likeness (QED) is 0.0980. The van der Waals surface area contributed by atoms with E-state index >= 15 is 0 Å². The summed E-state index contributed by atoms with van der Waals surface area (Å²) >= 11 is 0. The van der Waals surface area contributed by atoms with Gasteiger partial charge >= 0.3 is 23.9 Å². The molecule has 1 aliphatic rings. The first-order valence-electron chi connectivity index (χ1n) is 35.1. The van der Waals surface area contributed by atoms with Crippen LogP contribution in [0.15, 0.2) is 286 Å². The number of imidazole rings is 4. The van der Waals surface area contributed by atoms with Crippen molar-refractivity contribution in [2.75, 3.05) is 0 Å². The SMILES string of the molecule is CC(O)=[OH+].CC(O)=[OH+].CC(O)=[OH+].CCC(O)=[OH+].Cc1c(-n2[cH+]n(C)c3ccccc32)[c-]cc2ccccc12.Cn1[cH+]n(-c2[c-]cc3c4c(cccc24)-c2ccccc2-3)c2ccccc21.Cn1[cH+]n(-c2[c-]cc3ccccc3c2)c2cc3ccccc3cc21.Cn1[cH+]n(-c2[c-]ccc3ccccc23)c2ccccc21.[Ir].[Ir].[Ir].[Ir]. The van der Waals surface area contributed by atoms with Gasteiger partial charge in [-0.05, 0) is 65.2 Å². The summed E-state index contributed by atoms with van der Waals surface area (Å²) in [5.41, 5.74) is 20.5. The van der Waals surface area contributed by atoms with Crippen LogP contribution in [0.25, 0.3) is 143 Å². The minimum atomic E-state index is -0.583. The molecule has 14 aromatic carbocycles. The van der Waals surface area contributed by atoms with Crippen molar-refractivity contribution >= 4 is 122 Å². The maximum Gasteiger partial charge on any atom is 0.480 e. The topological polar surface area (TPSA) is 206 Å². The minimum Gasteiger partial charge on any atom is -0.339 e. The average Bonchev–Trinajstić information content (AvgIpc) is 1.57. The van der Waals surface area contributed by atoms with Gasteiger partial charge < -0.3 is 39.6 Å². The molecule has 0 aliphatic heterocycles. The zero-order chi connectivity index (χ0) is 76.3. The van der Waals surface area contributed by atoms with Crippen molar-refractivity contribution in [2.45, 2.75) is 41.0 Å². The number of nitrogens with zero attached hydrogens (tertiary/aromatic N) is 8. The van der Waals surface area contributed by atoms with Crippen LogP contribution in [-0.4, -0.2) is 100 Å². The Kier molecular flexibility index (Phi) is 30.1. The number of rotatable bonds is 5. The van der Waals surface area contributed by atoms with Crippen LogP contribution in [0, 0.1) is 31.2 Å². The van der Waals surface area contributed by atoms with Crippen LogP contribution in [-0.2, 0) is 109 Å².